The molecule has 0 atom stereocenters. The third kappa shape index (κ3) is 4.31. The van der Waals surface area contributed by atoms with E-state index in [0.29, 0.717) is 13.1 Å². The molecule has 3 nitrogen and oxygen atoms in total. The minimum Gasteiger partial charge on any atom is -0.444 e. The number of hydrogen-bond acceptors (Lipinski definition) is 2. The lowest BCUT2D eigenvalue weighted by Crippen LogP contribution is -2.38. The molecule has 2 aliphatic rings. The summed E-state index contributed by atoms with van der Waals surface area (Å²) in [4.78, 5) is 14.4. The zero-order valence-corrected chi connectivity index (χ0v) is 17.7. The van der Waals surface area contributed by atoms with Gasteiger partial charge >= 0.3 is 6.09 Å². The quantitative estimate of drug-likeness (QED) is 0.619. The van der Waals surface area contributed by atoms with E-state index in [2.05, 4.69) is 6.07 Å². The third-order valence-corrected chi connectivity index (χ3v) is 5.90. The lowest BCUT2D eigenvalue weighted by atomic mass is 9.80. The van der Waals surface area contributed by atoms with Crippen LogP contribution in [-0.4, -0.2) is 29.7 Å². The highest BCUT2D eigenvalue weighted by molar-refractivity contribution is 5.75. The Morgan fingerprint density at radius 1 is 0.966 bits per heavy atom. The topological polar surface area (TPSA) is 29.5 Å². The fraction of sp³-hybridized carbons (Fsp3) is 0.480. The van der Waals surface area contributed by atoms with E-state index in [4.69, 9.17) is 4.74 Å². The van der Waals surface area contributed by atoms with Gasteiger partial charge in [-0.15, -0.1) is 0 Å². The van der Waals surface area contributed by atoms with E-state index in [1.807, 2.05) is 31.7 Å². The monoisotopic (exact) mass is 395 g/mol. The highest BCUT2D eigenvalue weighted by Gasteiger charge is 2.27. The van der Waals surface area contributed by atoms with E-state index >= 15 is 0 Å². The zero-order chi connectivity index (χ0) is 20.6. The summed E-state index contributed by atoms with van der Waals surface area (Å²) < 4.78 is 19.7. The number of carbonyl (C=O) groups excluding carboxylic acids is 1. The van der Waals surface area contributed by atoms with Gasteiger partial charge in [-0.3, -0.25) is 0 Å². The Balaban J connectivity index is 1.73. The molecule has 1 aliphatic heterocycles. The number of hydrogen-bond donors (Lipinski definition) is 0. The van der Waals surface area contributed by atoms with E-state index in [-0.39, 0.29) is 11.9 Å². The Morgan fingerprint density at radius 3 is 2.41 bits per heavy atom. The maximum Gasteiger partial charge on any atom is 0.410 e. The summed E-state index contributed by atoms with van der Waals surface area (Å²) in [5.74, 6) is -0.200. The molecule has 0 saturated heterocycles. The lowest BCUT2D eigenvalue weighted by molar-refractivity contribution is 0.0258. The van der Waals surface area contributed by atoms with Crippen molar-refractivity contribution >= 4 is 6.09 Å². The number of nitrogens with zero attached hydrogens (tertiary/aromatic N) is 1. The lowest BCUT2D eigenvalue weighted by Gasteiger charge is -2.26. The summed E-state index contributed by atoms with van der Waals surface area (Å²) in [6.07, 6.45) is 5.85. The Kier molecular flexibility index (Phi) is 5.37. The zero-order valence-electron chi connectivity index (χ0n) is 17.7. The van der Waals surface area contributed by atoms with Gasteiger partial charge < -0.3 is 9.64 Å². The molecule has 0 unspecified atom stereocenters. The summed E-state index contributed by atoms with van der Waals surface area (Å²) >= 11 is 0. The van der Waals surface area contributed by atoms with Gasteiger partial charge in [0.25, 0.3) is 0 Å². The standard InChI is InChI=1S/C25H30FNO2/c1-25(2,3)29-24(28)27-13-11-18-15-17-7-4-5-10-21(17)23(22(18)12-14-27)19-8-6-9-20(26)16-19/h6,8-9,15-16H,4-5,7,10-14H2,1-3H3. The number of aryl methyl sites for hydroxylation is 1. The van der Waals surface area contributed by atoms with Crippen LogP contribution in [0.4, 0.5) is 9.18 Å². The molecule has 1 aliphatic carbocycles. The first-order valence-corrected chi connectivity index (χ1v) is 10.7. The van der Waals surface area contributed by atoms with E-state index < -0.39 is 5.60 Å². The fourth-order valence-corrected chi connectivity index (χ4v) is 4.64. The molecule has 0 N–H and O–H groups in total. The number of benzene rings is 2. The number of halogens is 1. The second kappa shape index (κ2) is 7.81. The molecule has 2 aromatic carbocycles. The van der Waals surface area contributed by atoms with E-state index in [1.165, 1.54) is 46.7 Å². The molecule has 0 radical (unpaired) electrons. The third-order valence-electron chi connectivity index (χ3n) is 5.90. The van der Waals surface area contributed by atoms with Crippen LogP contribution in [0.2, 0.25) is 0 Å². The van der Waals surface area contributed by atoms with Crippen molar-refractivity contribution in [3.63, 3.8) is 0 Å². The first-order valence-electron chi connectivity index (χ1n) is 10.7. The highest BCUT2D eigenvalue weighted by atomic mass is 19.1. The molecule has 4 heteroatoms. The number of carbonyl (C=O) groups is 1. The molecule has 0 aromatic heterocycles. The SMILES string of the molecule is CC(C)(C)OC(=O)N1CCc2cc3c(c(-c4cccc(F)c4)c2CC1)CCCC3. The Bertz CT molecular complexity index is 929. The maximum absolute atomic E-state index is 14.1. The van der Waals surface area contributed by atoms with Crippen molar-refractivity contribution < 1.29 is 13.9 Å². The Hall–Kier alpha value is -2.36. The minimum absolute atomic E-state index is 0.200. The van der Waals surface area contributed by atoms with Crippen molar-refractivity contribution in [3.05, 3.63) is 58.4 Å². The smallest absolute Gasteiger partial charge is 0.410 e. The van der Waals surface area contributed by atoms with Gasteiger partial charge in [-0.25, -0.2) is 9.18 Å². The normalized spacial score (nSPS) is 16.6. The van der Waals surface area contributed by atoms with Crippen molar-refractivity contribution in [1.82, 2.24) is 4.90 Å². The highest BCUT2D eigenvalue weighted by Crippen LogP contribution is 2.38. The molecule has 0 spiro atoms. The fourth-order valence-electron chi connectivity index (χ4n) is 4.64. The number of ether oxygens (including phenoxy) is 1. The average molecular weight is 396 g/mol. The predicted molar refractivity (Wildman–Crippen MR) is 114 cm³/mol. The summed E-state index contributed by atoms with van der Waals surface area (Å²) in [6, 6.07) is 9.32. The van der Waals surface area contributed by atoms with Gasteiger partial charge in [0.2, 0.25) is 0 Å². The molecular weight excluding hydrogens is 365 g/mol. The van der Waals surface area contributed by atoms with Gasteiger partial charge in [0.1, 0.15) is 11.4 Å². The van der Waals surface area contributed by atoms with Crippen LogP contribution in [-0.2, 0) is 30.4 Å². The van der Waals surface area contributed by atoms with Crippen LogP contribution in [0.25, 0.3) is 11.1 Å². The van der Waals surface area contributed by atoms with Crippen LogP contribution < -0.4 is 0 Å². The Morgan fingerprint density at radius 2 is 1.66 bits per heavy atom. The van der Waals surface area contributed by atoms with E-state index in [0.717, 1.165) is 31.2 Å². The molecule has 4 rings (SSSR count). The predicted octanol–water partition coefficient (Wildman–Crippen LogP) is 5.71. The van der Waals surface area contributed by atoms with Crippen molar-refractivity contribution in [2.75, 3.05) is 13.1 Å². The summed E-state index contributed by atoms with van der Waals surface area (Å²) in [5.41, 5.74) is 7.04. The van der Waals surface area contributed by atoms with Crippen LogP contribution in [0.3, 0.4) is 0 Å². The molecule has 0 fully saturated rings. The first-order chi connectivity index (χ1) is 13.8. The number of fused-ring (bicyclic) bond motifs is 2. The van der Waals surface area contributed by atoms with Crippen LogP contribution >= 0.6 is 0 Å². The molecular formula is C25H30FNO2. The van der Waals surface area contributed by atoms with Crippen molar-refractivity contribution in [2.45, 2.75) is 64.9 Å². The largest absolute Gasteiger partial charge is 0.444 e. The summed E-state index contributed by atoms with van der Waals surface area (Å²) in [6.45, 7) is 6.97. The molecule has 154 valence electrons. The molecule has 0 saturated carbocycles. The second-order valence-corrected chi connectivity index (χ2v) is 9.21. The summed E-state index contributed by atoms with van der Waals surface area (Å²) in [5, 5.41) is 0. The average Bonchev–Trinajstić information content (AvgIpc) is 2.87. The van der Waals surface area contributed by atoms with Gasteiger partial charge in [0.05, 0.1) is 0 Å². The Labute approximate surface area is 172 Å². The maximum atomic E-state index is 14.1. The van der Waals surface area contributed by atoms with E-state index in [9.17, 15) is 9.18 Å². The van der Waals surface area contributed by atoms with E-state index in [1.54, 1.807) is 12.1 Å². The second-order valence-electron chi connectivity index (χ2n) is 9.21. The molecule has 0 bridgehead atoms. The molecule has 1 amide bonds. The van der Waals surface area contributed by atoms with Crippen LogP contribution in [0.5, 0.6) is 0 Å². The first kappa shape index (κ1) is 19.9. The van der Waals surface area contributed by atoms with Gasteiger partial charge in [-0.2, -0.15) is 0 Å². The van der Waals surface area contributed by atoms with Crippen LogP contribution in [0, 0.1) is 5.82 Å². The van der Waals surface area contributed by atoms with Gasteiger partial charge in [-0.05, 0) is 105 Å². The van der Waals surface area contributed by atoms with Crippen molar-refractivity contribution in [2.24, 2.45) is 0 Å². The van der Waals surface area contributed by atoms with Crippen molar-refractivity contribution in [3.8, 4) is 11.1 Å². The van der Waals surface area contributed by atoms with Crippen molar-refractivity contribution in [1.29, 1.82) is 0 Å². The number of amides is 1. The summed E-state index contributed by atoms with van der Waals surface area (Å²) in [7, 11) is 0. The molecule has 29 heavy (non-hydrogen) atoms. The van der Waals surface area contributed by atoms with Crippen LogP contribution in [0.1, 0.15) is 55.9 Å². The van der Waals surface area contributed by atoms with Gasteiger partial charge in [0.15, 0.2) is 0 Å². The minimum atomic E-state index is -0.498. The van der Waals surface area contributed by atoms with Crippen LogP contribution in [0.15, 0.2) is 30.3 Å². The number of rotatable bonds is 1. The molecule has 1 heterocycles. The molecule has 2 aromatic rings. The van der Waals surface area contributed by atoms with Gasteiger partial charge in [-0.1, -0.05) is 18.2 Å². The van der Waals surface area contributed by atoms with Gasteiger partial charge in [0, 0.05) is 13.1 Å².